The number of carbonyl (C=O) groups is 1. The summed E-state index contributed by atoms with van der Waals surface area (Å²) in [6.07, 6.45) is 2.40. The van der Waals surface area contributed by atoms with Gasteiger partial charge in [0, 0.05) is 18.3 Å². The van der Waals surface area contributed by atoms with Crippen molar-refractivity contribution in [2.45, 2.75) is 31.7 Å². The molecule has 0 aliphatic heterocycles. The zero-order chi connectivity index (χ0) is 18.3. The summed E-state index contributed by atoms with van der Waals surface area (Å²) < 4.78 is 27.2. The van der Waals surface area contributed by atoms with E-state index in [1.54, 1.807) is 30.5 Å². The Labute approximate surface area is 148 Å². The molecule has 2 N–H and O–H groups in total. The second kappa shape index (κ2) is 8.73. The second-order valence-electron chi connectivity index (χ2n) is 6.11. The van der Waals surface area contributed by atoms with Crippen molar-refractivity contribution in [1.82, 2.24) is 15.0 Å². The van der Waals surface area contributed by atoms with E-state index in [1.165, 1.54) is 12.1 Å². The number of amides is 1. The summed E-state index contributed by atoms with van der Waals surface area (Å²) in [7, 11) is -3.62. The van der Waals surface area contributed by atoms with Crippen LogP contribution in [0.1, 0.15) is 36.3 Å². The standard InChI is InChI=1S/C18H23N3O3S/c1-14(2)9-11-21-25(23,24)17-8-5-6-15(12-17)18(22)20-13-16-7-3-4-10-19-16/h3-8,10,12,14,21H,9,11,13H2,1-2H3,(H,20,22). The molecule has 25 heavy (non-hydrogen) atoms. The van der Waals surface area contributed by atoms with E-state index >= 15 is 0 Å². The quantitative estimate of drug-likeness (QED) is 0.755. The van der Waals surface area contributed by atoms with E-state index < -0.39 is 10.0 Å². The van der Waals surface area contributed by atoms with Crippen molar-refractivity contribution in [1.29, 1.82) is 0 Å². The summed E-state index contributed by atoms with van der Waals surface area (Å²) in [5, 5.41) is 2.74. The summed E-state index contributed by atoms with van der Waals surface area (Å²) in [5.41, 5.74) is 1.03. The monoisotopic (exact) mass is 361 g/mol. The van der Waals surface area contributed by atoms with Crippen molar-refractivity contribution >= 4 is 15.9 Å². The highest BCUT2D eigenvalue weighted by Crippen LogP contribution is 2.12. The Morgan fingerprint density at radius 1 is 1.16 bits per heavy atom. The Morgan fingerprint density at radius 2 is 1.96 bits per heavy atom. The minimum Gasteiger partial charge on any atom is -0.346 e. The molecule has 6 nitrogen and oxygen atoms in total. The number of hydrogen-bond acceptors (Lipinski definition) is 4. The first kappa shape index (κ1) is 19.1. The lowest BCUT2D eigenvalue weighted by molar-refractivity contribution is 0.0950. The normalized spacial score (nSPS) is 11.5. The van der Waals surface area contributed by atoms with E-state index in [0.717, 1.165) is 12.1 Å². The van der Waals surface area contributed by atoms with Gasteiger partial charge < -0.3 is 5.32 Å². The van der Waals surface area contributed by atoms with E-state index in [2.05, 4.69) is 15.0 Å². The van der Waals surface area contributed by atoms with Gasteiger partial charge in [-0.05, 0) is 42.7 Å². The number of sulfonamides is 1. The third kappa shape index (κ3) is 5.95. The molecule has 0 aliphatic rings. The molecule has 134 valence electrons. The minimum absolute atomic E-state index is 0.0849. The molecule has 0 spiro atoms. The van der Waals surface area contributed by atoms with Crippen molar-refractivity contribution in [3.05, 3.63) is 59.9 Å². The van der Waals surface area contributed by atoms with Gasteiger partial charge in [-0.25, -0.2) is 13.1 Å². The fourth-order valence-corrected chi connectivity index (χ4v) is 3.24. The minimum atomic E-state index is -3.62. The van der Waals surface area contributed by atoms with Gasteiger partial charge in [0.15, 0.2) is 0 Å². The molecule has 1 amide bonds. The van der Waals surface area contributed by atoms with E-state index in [9.17, 15) is 13.2 Å². The Morgan fingerprint density at radius 3 is 2.64 bits per heavy atom. The van der Waals surface area contributed by atoms with Crippen LogP contribution in [0.25, 0.3) is 0 Å². The van der Waals surface area contributed by atoms with Crippen LogP contribution in [0.5, 0.6) is 0 Å². The highest BCUT2D eigenvalue weighted by Gasteiger charge is 2.16. The SMILES string of the molecule is CC(C)CCNS(=O)(=O)c1cccc(C(=O)NCc2ccccn2)c1. The predicted octanol–water partition coefficient (Wildman–Crippen LogP) is 2.34. The first-order valence-corrected chi connectivity index (χ1v) is 9.64. The second-order valence-corrected chi connectivity index (χ2v) is 7.88. The summed E-state index contributed by atoms with van der Waals surface area (Å²) in [6, 6.07) is 11.4. The Bertz CT molecular complexity index is 805. The van der Waals surface area contributed by atoms with Crippen LogP contribution in [0.3, 0.4) is 0 Å². The lowest BCUT2D eigenvalue weighted by atomic mass is 10.1. The summed E-state index contributed by atoms with van der Waals surface area (Å²) in [4.78, 5) is 16.5. The molecule has 1 aromatic carbocycles. The average molecular weight is 361 g/mol. The van der Waals surface area contributed by atoms with Crippen molar-refractivity contribution in [2.75, 3.05) is 6.54 Å². The number of pyridine rings is 1. The number of rotatable bonds is 8. The fraction of sp³-hybridized carbons (Fsp3) is 0.333. The van der Waals surface area contributed by atoms with Gasteiger partial charge in [-0.1, -0.05) is 26.0 Å². The van der Waals surface area contributed by atoms with Gasteiger partial charge in [0.05, 0.1) is 17.1 Å². The molecule has 1 aromatic heterocycles. The molecule has 2 rings (SSSR count). The molecule has 7 heteroatoms. The molecule has 1 heterocycles. The summed E-state index contributed by atoms with van der Waals surface area (Å²) in [6.45, 7) is 4.71. The van der Waals surface area contributed by atoms with Crippen molar-refractivity contribution < 1.29 is 13.2 Å². The maximum atomic E-state index is 12.3. The van der Waals surface area contributed by atoms with E-state index in [0.29, 0.717) is 18.0 Å². The van der Waals surface area contributed by atoms with Crippen LogP contribution in [0, 0.1) is 5.92 Å². The number of nitrogens with one attached hydrogen (secondary N) is 2. The molecule has 0 aliphatic carbocycles. The van der Waals surface area contributed by atoms with Crippen LogP contribution >= 0.6 is 0 Å². The lowest BCUT2D eigenvalue weighted by Crippen LogP contribution is -2.27. The van der Waals surface area contributed by atoms with Crippen LogP contribution in [0.4, 0.5) is 0 Å². The lowest BCUT2D eigenvalue weighted by Gasteiger charge is -2.10. The Kier molecular flexibility index (Phi) is 6.66. The fourth-order valence-electron chi connectivity index (χ4n) is 2.15. The van der Waals surface area contributed by atoms with Crippen LogP contribution < -0.4 is 10.0 Å². The number of hydrogen-bond donors (Lipinski definition) is 2. The number of nitrogens with zero attached hydrogens (tertiary/aromatic N) is 1. The van der Waals surface area contributed by atoms with E-state index in [4.69, 9.17) is 0 Å². The number of carbonyl (C=O) groups excluding carboxylic acids is 1. The average Bonchev–Trinajstić information content (AvgIpc) is 2.60. The van der Waals surface area contributed by atoms with Crippen LogP contribution in [-0.2, 0) is 16.6 Å². The van der Waals surface area contributed by atoms with Crippen LogP contribution in [-0.4, -0.2) is 25.9 Å². The van der Waals surface area contributed by atoms with Gasteiger partial charge in [0.1, 0.15) is 0 Å². The highest BCUT2D eigenvalue weighted by atomic mass is 32.2. The summed E-state index contributed by atoms with van der Waals surface area (Å²) in [5.74, 6) is 0.0660. The molecule has 0 atom stereocenters. The van der Waals surface area contributed by atoms with E-state index in [1.807, 2.05) is 19.9 Å². The van der Waals surface area contributed by atoms with Crippen LogP contribution in [0.15, 0.2) is 53.6 Å². The van der Waals surface area contributed by atoms with Gasteiger partial charge >= 0.3 is 0 Å². The van der Waals surface area contributed by atoms with Gasteiger partial charge in [0.25, 0.3) is 5.91 Å². The molecule has 0 unspecified atom stereocenters. The summed E-state index contributed by atoms with van der Waals surface area (Å²) >= 11 is 0. The van der Waals surface area contributed by atoms with E-state index in [-0.39, 0.29) is 17.3 Å². The Hall–Kier alpha value is -2.25. The van der Waals surface area contributed by atoms with Crippen LogP contribution in [0.2, 0.25) is 0 Å². The highest BCUT2D eigenvalue weighted by molar-refractivity contribution is 7.89. The van der Waals surface area contributed by atoms with Gasteiger partial charge in [0.2, 0.25) is 10.0 Å². The first-order valence-electron chi connectivity index (χ1n) is 8.16. The third-order valence-corrected chi connectivity index (χ3v) is 5.04. The van der Waals surface area contributed by atoms with Gasteiger partial charge in [-0.3, -0.25) is 9.78 Å². The molecule has 0 fully saturated rings. The van der Waals surface area contributed by atoms with Crippen molar-refractivity contribution in [3.8, 4) is 0 Å². The predicted molar refractivity (Wildman–Crippen MR) is 96.5 cm³/mol. The first-order chi connectivity index (χ1) is 11.9. The molecular weight excluding hydrogens is 338 g/mol. The maximum Gasteiger partial charge on any atom is 0.251 e. The Balaban J connectivity index is 2.03. The van der Waals surface area contributed by atoms with Crippen molar-refractivity contribution in [2.24, 2.45) is 5.92 Å². The van der Waals surface area contributed by atoms with Crippen molar-refractivity contribution in [3.63, 3.8) is 0 Å². The van der Waals surface area contributed by atoms with Gasteiger partial charge in [-0.2, -0.15) is 0 Å². The number of aromatic nitrogens is 1. The zero-order valence-corrected chi connectivity index (χ0v) is 15.2. The molecule has 2 aromatic rings. The molecule has 0 bridgehead atoms. The molecular formula is C18H23N3O3S. The largest absolute Gasteiger partial charge is 0.346 e. The smallest absolute Gasteiger partial charge is 0.251 e. The zero-order valence-electron chi connectivity index (χ0n) is 14.4. The third-order valence-electron chi connectivity index (χ3n) is 3.58. The number of benzene rings is 1. The molecule has 0 saturated heterocycles. The molecule has 0 radical (unpaired) electrons. The molecule has 0 saturated carbocycles. The topological polar surface area (TPSA) is 88.2 Å². The maximum absolute atomic E-state index is 12.3. The van der Waals surface area contributed by atoms with Gasteiger partial charge in [-0.15, -0.1) is 0 Å².